The normalized spacial score (nSPS) is 11.5. The fourth-order valence-corrected chi connectivity index (χ4v) is 3.19. The fraction of sp³-hybridized carbons (Fsp3) is 0.273. The lowest BCUT2D eigenvalue weighted by molar-refractivity contribution is -0.951. The van der Waals surface area contributed by atoms with Gasteiger partial charge in [-0.15, -0.1) is 17.4 Å². The second-order valence-electron chi connectivity index (χ2n) is 7.39. The first-order valence-corrected chi connectivity index (χ1v) is 9.26. The van der Waals surface area contributed by atoms with E-state index in [1.165, 1.54) is 0 Å². The molecule has 0 aliphatic carbocycles. The van der Waals surface area contributed by atoms with Gasteiger partial charge in [-0.05, 0) is 62.6 Å². The molecule has 0 saturated carbocycles. The summed E-state index contributed by atoms with van der Waals surface area (Å²) >= 11 is 6.42. The molecule has 0 heterocycles. The first-order chi connectivity index (χ1) is 12.7. The largest absolute Gasteiger partial charge is 1.00 e. The van der Waals surface area contributed by atoms with Crippen LogP contribution in [-0.2, 0) is 6.42 Å². The Hall–Kier alpha value is -1.85. The summed E-state index contributed by atoms with van der Waals surface area (Å²) in [6.07, 6.45) is 2.55. The number of aryl methyl sites for hydroxylation is 1. The molecule has 0 fully saturated rings. The van der Waals surface area contributed by atoms with Gasteiger partial charge in [-0.25, -0.2) is 4.79 Å². The van der Waals surface area contributed by atoms with Gasteiger partial charge in [0.25, 0.3) is 0 Å². The molecule has 0 bridgehead atoms. The highest BCUT2D eigenvalue weighted by Crippen LogP contribution is 2.11. The van der Waals surface area contributed by atoms with Crippen molar-refractivity contribution < 1.29 is 27.0 Å². The van der Waals surface area contributed by atoms with Crippen LogP contribution in [0.15, 0.2) is 55.1 Å². The zero-order valence-corrected chi connectivity index (χ0v) is 19.4. The van der Waals surface area contributed by atoms with Crippen LogP contribution in [0.4, 0.5) is 0 Å². The number of amides is 2. The average molecular weight is 458 g/mol. The number of carbonyl (C=O) groups is 2. The van der Waals surface area contributed by atoms with Gasteiger partial charge in [-0.2, -0.15) is 0 Å². The van der Waals surface area contributed by atoms with Gasteiger partial charge in [0.05, 0.1) is 17.3 Å². The number of halogens is 3. The maximum absolute atomic E-state index is 13.2. The van der Waals surface area contributed by atoms with Gasteiger partial charge >= 0.3 is 11.8 Å². The standard InChI is InChI=1S/C22H25ClN2O2.2ClH/c1-6-16-11-13-18(14-12-16)20(26)24(22(3,4)5)25(23)21(27)19-10-8-9-17(7-2)15-19;;/h7-15H,2,6H2,1,3-5H3;2*1H. The van der Waals surface area contributed by atoms with Crippen LogP contribution in [0, 0.1) is 0 Å². The fourth-order valence-electron chi connectivity index (χ4n) is 2.77. The first-order valence-electron chi connectivity index (χ1n) is 8.92. The average Bonchev–Trinajstić information content (AvgIpc) is 2.66. The summed E-state index contributed by atoms with van der Waals surface area (Å²) in [5, 5.41) is 0.238. The molecule has 0 aromatic heterocycles. The Labute approximate surface area is 190 Å². The van der Waals surface area contributed by atoms with Crippen molar-refractivity contribution in [3.8, 4) is 0 Å². The summed E-state index contributed by atoms with van der Waals surface area (Å²) in [6.45, 7) is 11.4. The maximum atomic E-state index is 13.2. The molecule has 1 atom stereocenters. The molecule has 158 valence electrons. The number of hydrogen-bond acceptors (Lipinski definition) is 2. The molecule has 2 aromatic rings. The third-order valence-electron chi connectivity index (χ3n) is 4.29. The Morgan fingerprint density at radius 3 is 2.17 bits per heavy atom. The van der Waals surface area contributed by atoms with E-state index >= 15 is 0 Å². The van der Waals surface area contributed by atoms with Crippen molar-refractivity contribution >= 4 is 42.1 Å². The molecule has 2 rings (SSSR count). The lowest BCUT2D eigenvalue weighted by Gasteiger charge is -2.33. The molecular weight excluding hydrogens is 431 g/mol. The van der Waals surface area contributed by atoms with Gasteiger partial charge in [-0.1, -0.05) is 48.4 Å². The molecule has 7 heteroatoms. The second-order valence-corrected chi connectivity index (χ2v) is 7.73. The molecule has 2 amide bonds. The predicted octanol–water partition coefficient (Wildman–Crippen LogP) is 1.35. The maximum Gasteiger partial charge on any atom is 0.370 e. The summed E-state index contributed by atoms with van der Waals surface area (Å²) < 4.78 is 0.957. The van der Waals surface area contributed by atoms with Gasteiger partial charge < -0.3 is 12.4 Å². The number of carbonyl (C=O) groups excluding carboxylic acids is 2. The molecular formula is C22H27Cl3N2O2. The SMILES string of the molecule is C=Cc1cccc(C(=O)N(Cl)[NH+](C(=O)c2ccc(CC)cc2)C(C)(C)C)c1.Cl.[Cl-]. The van der Waals surface area contributed by atoms with Crippen molar-refractivity contribution in [2.75, 3.05) is 0 Å². The lowest BCUT2D eigenvalue weighted by atomic mass is 10.0. The topological polar surface area (TPSA) is 41.8 Å². The summed E-state index contributed by atoms with van der Waals surface area (Å²) in [4.78, 5) is 26.1. The van der Waals surface area contributed by atoms with Crippen molar-refractivity contribution in [3.63, 3.8) is 0 Å². The highest BCUT2D eigenvalue weighted by Gasteiger charge is 2.41. The van der Waals surface area contributed by atoms with Gasteiger partial charge in [0.1, 0.15) is 5.54 Å². The van der Waals surface area contributed by atoms with Crippen LogP contribution in [0.2, 0.25) is 0 Å². The quantitative estimate of drug-likeness (QED) is 0.556. The Balaban J connectivity index is 0.00000392. The lowest BCUT2D eigenvalue weighted by Crippen LogP contribution is -3.25. The highest BCUT2D eigenvalue weighted by atomic mass is 35.5. The van der Waals surface area contributed by atoms with E-state index in [4.69, 9.17) is 11.8 Å². The van der Waals surface area contributed by atoms with Crippen molar-refractivity contribution in [1.82, 2.24) is 4.53 Å². The molecule has 1 unspecified atom stereocenters. The van der Waals surface area contributed by atoms with E-state index in [-0.39, 0.29) is 35.7 Å². The zero-order valence-electron chi connectivity index (χ0n) is 17.0. The molecule has 2 aromatic carbocycles. The Morgan fingerprint density at radius 1 is 1.10 bits per heavy atom. The molecule has 4 nitrogen and oxygen atoms in total. The Bertz CT molecular complexity index is 846. The van der Waals surface area contributed by atoms with Crippen molar-refractivity contribution in [3.05, 3.63) is 77.4 Å². The molecule has 0 saturated heterocycles. The van der Waals surface area contributed by atoms with E-state index in [2.05, 4.69) is 13.5 Å². The minimum atomic E-state index is -0.617. The summed E-state index contributed by atoms with van der Waals surface area (Å²) in [6, 6.07) is 14.4. The number of nitrogens with zero attached hydrogens (tertiary/aromatic N) is 1. The zero-order chi connectivity index (χ0) is 20.2. The third kappa shape index (κ3) is 6.58. The molecule has 0 spiro atoms. The molecule has 0 aliphatic rings. The van der Waals surface area contributed by atoms with Crippen molar-refractivity contribution in [1.29, 1.82) is 0 Å². The number of quaternary nitrogens is 1. The van der Waals surface area contributed by atoms with Gasteiger partial charge in [0, 0.05) is 5.56 Å². The van der Waals surface area contributed by atoms with Crippen LogP contribution in [0.3, 0.4) is 0 Å². The van der Waals surface area contributed by atoms with Crippen molar-refractivity contribution in [2.45, 2.75) is 39.7 Å². The Kier molecular flexibility index (Phi) is 10.6. The van der Waals surface area contributed by atoms with E-state index in [1.807, 2.05) is 39.0 Å². The molecule has 0 aliphatic heterocycles. The van der Waals surface area contributed by atoms with Crippen LogP contribution in [0.1, 0.15) is 59.5 Å². The second kappa shape index (κ2) is 11.4. The van der Waals surface area contributed by atoms with E-state index in [0.717, 1.165) is 22.1 Å². The molecule has 29 heavy (non-hydrogen) atoms. The number of rotatable bonds is 4. The van der Waals surface area contributed by atoms with Gasteiger partial charge in [0.2, 0.25) is 0 Å². The third-order valence-corrected chi connectivity index (χ3v) is 4.62. The number of benzene rings is 2. The van der Waals surface area contributed by atoms with Gasteiger partial charge in [-0.3, -0.25) is 4.79 Å². The van der Waals surface area contributed by atoms with E-state index < -0.39 is 11.4 Å². The van der Waals surface area contributed by atoms with E-state index in [1.54, 1.807) is 36.4 Å². The van der Waals surface area contributed by atoms with Crippen LogP contribution in [0.5, 0.6) is 0 Å². The monoisotopic (exact) mass is 456 g/mol. The Morgan fingerprint density at radius 2 is 1.69 bits per heavy atom. The van der Waals surface area contributed by atoms with Crippen LogP contribution in [0.25, 0.3) is 6.08 Å². The van der Waals surface area contributed by atoms with E-state index in [9.17, 15) is 9.59 Å². The number of nitrogens with one attached hydrogen (secondary N) is 1. The number of hydrogen-bond donors (Lipinski definition) is 1. The highest BCUT2D eigenvalue weighted by molar-refractivity contribution is 6.23. The van der Waals surface area contributed by atoms with E-state index in [0.29, 0.717) is 11.1 Å². The summed E-state index contributed by atoms with van der Waals surface area (Å²) in [7, 11) is 0. The van der Waals surface area contributed by atoms with Crippen LogP contribution < -0.4 is 17.4 Å². The van der Waals surface area contributed by atoms with Crippen LogP contribution >= 0.6 is 24.2 Å². The molecule has 0 radical (unpaired) electrons. The predicted molar refractivity (Wildman–Crippen MR) is 117 cm³/mol. The van der Waals surface area contributed by atoms with Crippen molar-refractivity contribution in [2.24, 2.45) is 0 Å². The van der Waals surface area contributed by atoms with Gasteiger partial charge in [0.15, 0.2) is 0 Å². The molecule has 1 N–H and O–H groups in total. The minimum absolute atomic E-state index is 0. The van der Waals surface area contributed by atoms with Crippen LogP contribution in [-0.4, -0.2) is 21.9 Å². The minimum Gasteiger partial charge on any atom is -1.00 e. The first kappa shape index (κ1) is 27.2. The smallest absolute Gasteiger partial charge is 0.370 e. The summed E-state index contributed by atoms with van der Waals surface area (Å²) in [5.74, 6) is -0.697. The summed E-state index contributed by atoms with van der Waals surface area (Å²) in [5.41, 5.74) is 2.25.